The fourth-order valence-electron chi connectivity index (χ4n) is 1.49. The van der Waals surface area contributed by atoms with Gasteiger partial charge in [0.25, 0.3) is 0 Å². The van der Waals surface area contributed by atoms with Crippen LogP contribution in [0.2, 0.25) is 0 Å². The van der Waals surface area contributed by atoms with Gasteiger partial charge < -0.3 is 4.74 Å². The minimum absolute atomic E-state index is 0.459. The zero-order chi connectivity index (χ0) is 12.7. The standard InChI is InChI=1S/C14H16FNO/c1-4-16-13(8-9-15)12-10-11(3)6-7-14(12)17-5-2/h4,6-10H,1,5H2,2-3H3/b9-8-,16-13?. The summed E-state index contributed by atoms with van der Waals surface area (Å²) >= 11 is 0. The van der Waals surface area contributed by atoms with Gasteiger partial charge in [-0.15, -0.1) is 0 Å². The Labute approximate surface area is 101 Å². The van der Waals surface area contributed by atoms with Crippen molar-refractivity contribution in [1.82, 2.24) is 0 Å². The molecular formula is C14H16FNO. The topological polar surface area (TPSA) is 21.6 Å². The second-order valence-electron chi connectivity index (χ2n) is 3.42. The van der Waals surface area contributed by atoms with Gasteiger partial charge in [-0.25, -0.2) is 4.39 Å². The summed E-state index contributed by atoms with van der Waals surface area (Å²) in [6, 6.07) is 5.71. The van der Waals surface area contributed by atoms with E-state index in [2.05, 4.69) is 11.6 Å². The van der Waals surface area contributed by atoms with Crippen molar-refractivity contribution in [3.8, 4) is 5.75 Å². The Morgan fingerprint density at radius 2 is 2.29 bits per heavy atom. The number of nitrogens with zero attached hydrogens (tertiary/aromatic N) is 1. The molecule has 0 unspecified atom stereocenters. The van der Waals surface area contributed by atoms with E-state index in [1.807, 2.05) is 32.0 Å². The molecular weight excluding hydrogens is 217 g/mol. The SMILES string of the molecule is C=CN=C(/C=C\F)c1cc(C)ccc1OCC. The first-order chi connectivity index (χ1) is 8.22. The lowest BCUT2D eigenvalue weighted by molar-refractivity contribution is 0.339. The van der Waals surface area contributed by atoms with Gasteiger partial charge >= 0.3 is 0 Å². The molecule has 1 rings (SSSR count). The number of aryl methyl sites for hydroxylation is 1. The maximum Gasteiger partial charge on any atom is 0.128 e. The molecule has 0 radical (unpaired) electrons. The van der Waals surface area contributed by atoms with Crippen LogP contribution in [0.25, 0.3) is 0 Å². The van der Waals surface area contributed by atoms with E-state index >= 15 is 0 Å². The first kappa shape index (κ1) is 13.2. The Hall–Kier alpha value is -1.90. The van der Waals surface area contributed by atoms with Crippen molar-refractivity contribution in [3.05, 3.63) is 54.5 Å². The van der Waals surface area contributed by atoms with Gasteiger partial charge in [0.2, 0.25) is 0 Å². The molecule has 3 heteroatoms. The maximum absolute atomic E-state index is 12.3. The van der Waals surface area contributed by atoms with Crippen molar-refractivity contribution >= 4 is 5.71 Å². The summed E-state index contributed by atoms with van der Waals surface area (Å²) in [5, 5.41) is 0. The van der Waals surface area contributed by atoms with Crippen LogP contribution in [0, 0.1) is 6.92 Å². The first-order valence-electron chi connectivity index (χ1n) is 5.42. The van der Waals surface area contributed by atoms with E-state index in [1.165, 1.54) is 12.3 Å². The monoisotopic (exact) mass is 233 g/mol. The number of allylic oxidation sites excluding steroid dienone is 1. The van der Waals surface area contributed by atoms with Crippen LogP contribution >= 0.6 is 0 Å². The molecule has 90 valence electrons. The predicted octanol–water partition coefficient (Wildman–Crippen LogP) is 3.81. The van der Waals surface area contributed by atoms with Crippen LogP contribution in [0.15, 0.2) is 48.4 Å². The third-order valence-corrected chi connectivity index (χ3v) is 2.16. The molecule has 17 heavy (non-hydrogen) atoms. The van der Waals surface area contributed by atoms with Gasteiger partial charge in [0.15, 0.2) is 0 Å². The zero-order valence-corrected chi connectivity index (χ0v) is 10.1. The molecule has 0 spiro atoms. The van der Waals surface area contributed by atoms with E-state index in [-0.39, 0.29) is 0 Å². The molecule has 0 aliphatic carbocycles. The molecule has 0 saturated heterocycles. The number of halogens is 1. The summed E-state index contributed by atoms with van der Waals surface area (Å²) in [5.74, 6) is 0.691. The van der Waals surface area contributed by atoms with E-state index in [9.17, 15) is 4.39 Å². The normalized spacial score (nSPS) is 11.8. The van der Waals surface area contributed by atoms with Crippen LogP contribution in [-0.2, 0) is 0 Å². The third-order valence-electron chi connectivity index (χ3n) is 2.16. The van der Waals surface area contributed by atoms with Crippen molar-refractivity contribution in [1.29, 1.82) is 0 Å². The average molecular weight is 233 g/mol. The summed E-state index contributed by atoms with van der Waals surface area (Å²) in [7, 11) is 0. The van der Waals surface area contributed by atoms with Crippen molar-refractivity contribution < 1.29 is 9.13 Å². The number of hydrogen-bond donors (Lipinski definition) is 0. The first-order valence-corrected chi connectivity index (χ1v) is 5.42. The molecule has 0 saturated carbocycles. The molecule has 1 aromatic rings. The number of aliphatic imine (C=N–C) groups is 1. The lowest BCUT2D eigenvalue weighted by Gasteiger charge is -2.10. The highest BCUT2D eigenvalue weighted by Crippen LogP contribution is 2.21. The van der Waals surface area contributed by atoms with E-state index in [0.29, 0.717) is 24.4 Å². The molecule has 0 bridgehead atoms. The molecule has 0 aromatic heterocycles. The van der Waals surface area contributed by atoms with Gasteiger partial charge in [-0.1, -0.05) is 18.2 Å². The maximum atomic E-state index is 12.3. The summed E-state index contributed by atoms with van der Waals surface area (Å²) in [6.07, 6.45) is 3.13. The molecule has 0 amide bonds. The minimum atomic E-state index is 0.459. The van der Waals surface area contributed by atoms with Crippen molar-refractivity contribution in [2.75, 3.05) is 6.61 Å². The second-order valence-corrected chi connectivity index (χ2v) is 3.42. The van der Waals surface area contributed by atoms with Gasteiger partial charge in [0, 0.05) is 11.8 Å². The van der Waals surface area contributed by atoms with Crippen molar-refractivity contribution in [2.24, 2.45) is 4.99 Å². The molecule has 0 aliphatic heterocycles. The quantitative estimate of drug-likeness (QED) is 0.709. The molecule has 0 fully saturated rings. The Balaban J connectivity index is 3.28. The van der Waals surface area contributed by atoms with Crippen LogP contribution in [0.4, 0.5) is 4.39 Å². The Morgan fingerprint density at radius 3 is 2.88 bits per heavy atom. The molecule has 0 N–H and O–H groups in total. The third kappa shape index (κ3) is 3.55. The average Bonchev–Trinajstić information content (AvgIpc) is 2.31. The summed E-state index contributed by atoms with van der Waals surface area (Å²) in [6.45, 7) is 7.94. The Bertz CT molecular complexity index is 450. The second kappa shape index (κ2) is 6.63. The van der Waals surface area contributed by atoms with Gasteiger partial charge in [-0.05, 0) is 32.1 Å². The molecule has 0 aliphatic rings. The number of benzene rings is 1. The van der Waals surface area contributed by atoms with Crippen molar-refractivity contribution in [2.45, 2.75) is 13.8 Å². The highest BCUT2D eigenvalue weighted by atomic mass is 19.1. The molecule has 0 heterocycles. The van der Waals surface area contributed by atoms with Crippen LogP contribution in [0.1, 0.15) is 18.1 Å². The smallest absolute Gasteiger partial charge is 0.128 e. The molecule has 1 aromatic carbocycles. The Morgan fingerprint density at radius 1 is 1.53 bits per heavy atom. The lowest BCUT2D eigenvalue weighted by Crippen LogP contribution is -2.03. The van der Waals surface area contributed by atoms with E-state index in [1.54, 1.807) is 0 Å². The summed E-state index contributed by atoms with van der Waals surface area (Å²) in [5.41, 5.74) is 2.32. The fourth-order valence-corrected chi connectivity index (χ4v) is 1.49. The largest absolute Gasteiger partial charge is 0.493 e. The Kier molecular flexibility index (Phi) is 5.14. The van der Waals surface area contributed by atoms with Crippen molar-refractivity contribution in [3.63, 3.8) is 0 Å². The van der Waals surface area contributed by atoms with Gasteiger partial charge in [-0.3, -0.25) is 4.99 Å². The summed E-state index contributed by atoms with van der Waals surface area (Å²) < 4.78 is 17.8. The predicted molar refractivity (Wildman–Crippen MR) is 69.3 cm³/mol. The summed E-state index contributed by atoms with van der Waals surface area (Å²) in [4.78, 5) is 4.04. The zero-order valence-electron chi connectivity index (χ0n) is 10.1. The van der Waals surface area contributed by atoms with Gasteiger partial charge in [-0.2, -0.15) is 0 Å². The highest BCUT2D eigenvalue weighted by Gasteiger charge is 2.08. The number of rotatable bonds is 5. The van der Waals surface area contributed by atoms with Crippen LogP contribution in [0.5, 0.6) is 5.75 Å². The van der Waals surface area contributed by atoms with E-state index < -0.39 is 0 Å². The minimum Gasteiger partial charge on any atom is -0.493 e. The fraction of sp³-hybridized carbons (Fsp3) is 0.214. The van der Waals surface area contributed by atoms with Crippen LogP contribution in [-0.4, -0.2) is 12.3 Å². The van der Waals surface area contributed by atoms with Crippen LogP contribution < -0.4 is 4.74 Å². The van der Waals surface area contributed by atoms with Gasteiger partial charge in [0.1, 0.15) is 5.75 Å². The van der Waals surface area contributed by atoms with Crippen LogP contribution in [0.3, 0.4) is 0 Å². The van der Waals surface area contributed by atoms with E-state index in [0.717, 1.165) is 11.1 Å². The molecule has 0 atom stereocenters. The molecule has 2 nitrogen and oxygen atoms in total. The number of hydrogen-bond acceptors (Lipinski definition) is 2. The highest BCUT2D eigenvalue weighted by molar-refractivity contribution is 6.10. The van der Waals surface area contributed by atoms with E-state index in [4.69, 9.17) is 4.74 Å². The van der Waals surface area contributed by atoms with Gasteiger partial charge in [0.05, 0.1) is 18.6 Å². The number of ether oxygens (including phenoxy) is 1. The lowest BCUT2D eigenvalue weighted by atomic mass is 10.1.